The van der Waals surface area contributed by atoms with Crippen molar-refractivity contribution in [1.29, 1.82) is 0 Å². The first-order valence-electron chi connectivity index (χ1n) is 7.01. The van der Waals surface area contributed by atoms with Gasteiger partial charge in [0.2, 0.25) is 15.9 Å². The Kier molecular flexibility index (Phi) is 7.06. The molecule has 21 heavy (non-hydrogen) atoms. The fourth-order valence-electron chi connectivity index (χ4n) is 2.27. The molecule has 122 valence electrons. The van der Waals surface area contributed by atoms with Crippen LogP contribution in [0.5, 0.6) is 0 Å². The Bertz CT molecular complexity index is 460. The Hall–Kier alpha value is -1.19. The second-order valence-electron chi connectivity index (χ2n) is 4.86. The standard InChI is InChI=1S/C12H23N3O5S/c1-2-20-12(17)5-8-21(18,19)15(9-11(13)16)10-3-6-14-7-4-10/h10,14H,2-9H2,1H3,(H2,13,16). The molecule has 8 nitrogen and oxygen atoms in total. The fraction of sp³-hybridized carbons (Fsp3) is 0.833. The van der Waals surface area contributed by atoms with Gasteiger partial charge in [0.25, 0.3) is 0 Å². The van der Waals surface area contributed by atoms with Crippen molar-refractivity contribution in [1.82, 2.24) is 9.62 Å². The molecule has 1 aliphatic rings. The molecule has 0 aliphatic carbocycles. The van der Waals surface area contributed by atoms with Crippen LogP contribution >= 0.6 is 0 Å². The summed E-state index contributed by atoms with van der Waals surface area (Å²) in [6.07, 6.45) is 1.01. The molecule has 0 bridgehead atoms. The molecule has 0 aromatic carbocycles. The highest BCUT2D eigenvalue weighted by molar-refractivity contribution is 7.89. The molecule has 0 radical (unpaired) electrons. The zero-order valence-corrected chi connectivity index (χ0v) is 13.0. The van der Waals surface area contributed by atoms with Gasteiger partial charge in [-0.2, -0.15) is 4.31 Å². The van der Waals surface area contributed by atoms with E-state index in [9.17, 15) is 18.0 Å². The van der Waals surface area contributed by atoms with Crippen LogP contribution in [0.3, 0.4) is 0 Å². The van der Waals surface area contributed by atoms with E-state index < -0.39 is 21.9 Å². The van der Waals surface area contributed by atoms with Crippen molar-refractivity contribution < 1.29 is 22.7 Å². The lowest BCUT2D eigenvalue weighted by atomic mass is 10.1. The minimum atomic E-state index is -3.73. The van der Waals surface area contributed by atoms with Crippen molar-refractivity contribution in [3.8, 4) is 0 Å². The third-order valence-corrected chi connectivity index (χ3v) is 5.12. The van der Waals surface area contributed by atoms with Crippen LogP contribution in [0.1, 0.15) is 26.2 Å². The maximum Gasteiger partial charge on any atom is 0.306 e. The SMILES string of the molecule is CCOC(=O)CCS(=O)(=O)N(CC(N)=O)C1CCNCC1. The number of ether oxygens (including phenoxy) is 1. The average Bonchev–Trinajstić information content (AvgIpc) is 2.44. The molecule has 1 saturated heterocycles. The van der Waals surface area contributed by atoms with E-state index in [1.165, 1.54) is 0 Å². The van der Waals surface area contributed by atoms with E-state index in [4.69, 9.17) is 10.5 Å². The van der Waals surface area contributed by atoms with Crippen LogP contribution in [0, 0.1) is 0 Å². The Morgan fingerprint density at radius 3 is 2.48 bits per heavy atom. The molecular formula is C12H23N3O5S. The number of rotatable bonds is 8. The summed E-state index contributed by atoms with van der Waals surface area (Å²) in [4.78, 5) is 22.5. The largest absolute Gasteiger partial charge is 0.466 e. The van der Waals surface area contributed by atoms with Gasteiger partial charge in [-0.25, -0.2) is 8.42 Å². The summed E-state index contributed by atoms with van der Waals surface area (Å²) in [7, 11) is -3.73. The Morgan fingerprint density at radius 2 is 1.95 bits per heavy atom. The number of hydrogen-bond acceptors (Lipinski definition) is 6. The van der Waals surface area contributed by atoms with Crippen LogP contribution in [0.25, 0.3) is 0 Å². The second kappa shape index (κ2) is 8.30. The zero-order valence-electron chi connectivity index (χ0n) is 12.2. The van der Waals surface area contributed by atoms with Crippen LogP contribution in [0.2, 0.25) is 0 Å². The Labute approximate surface area is 125 Å². The molecule has 1 amide bonds. The lowest BCUT2D eigenvalue weighted by Gasteiger charge is -2.32. The van der Waals surface area contributed by atoms with E-state index in [1.807, 2.05) is 0 Å². The van der Waals surface area contributed by atoms with Crippen molar-refractivity contribution in [2.24, 2.45) is 5.73 Å². The number of carbonyl (C=O) groups excluding carboxylic acids is 2. The maximum absolute atomic E-state index is 12.4. The number of primary amides is 1. The van der Waals surface area contributed by atoms with Crippen molar-refractivity contribution in [3.63, 3.8) is 0 Å². The quantitative estimate of drug-likeness (QED) is 0.543. The number of esters is 1. The van der Waals surface area contributed by atoms with E-state index >= 15 is 0 Å². The van der Waals surface area contributed by atoms with Gasteiger partial charge >= 0.3 is 5.97 Å². The van der Waals surface area contributed by atoms with Crippen LogP contribution < -0.4 is 11.1 Å². The molecule has 1 aliphatic heterocycles. The average molecular weight is 321 g/mol. The minimum absolute atomic E-state index is 0.207. The van der Waals surface area contributed by atoms with Crippen LogP contribution in [-0.4, -0.2) is 62.6 Å². The Morgan fingerprint density at radius 1 is 1.33 bits per heavy atom. The number of carbonyl (C=O) groups is 2. The first-order chi connectivity index (χ1) is 9.86. The molecule has 0 aromatic heterocycles. The van der Waals surface area contributed by atoms with Gasteiger partial charge in [-0.05, 0) is 32.9 Å². The molecule has 0 atom stereocenters. The normalized spacial score (nSPS) is 16.9. The van der Waals surface area contributed by atoms with Crippen molar-refractivity contribution in [3.05, 3.63) is 0 Å². The predicted molar refractivity (Wildman–Crippen MR) is 76.8 cm³/mol. The van der Waals surface area contributed by atoms with Crippen LogP contribution in [0.4, 0.5) is 0 Å². The molecule has 0 spiro atoms. The van der Waals surface area contributed by atoms with Crippen molar-refractivity contribution >= 4 is 21.9 Å². The van der Waals surface area contributed by atoms with Gasteiger partial charge in [0.1, 0.15) is 0 Å². The highest BCUT2D eigenvalue weighted by Crippen LogP contribution is 2.17. The summed E-state index contributed by atoms with van der Waals surface area (Å²) >= 11 is 0. The van der Waals surface area contributed by atoms with Crippen molar-refractivity contribution in [2.45, 2.75) is 32.2 Å². The summed E-state index contributed by atoms with van der Waals surface area (Å²) < 4.78 is 30.6. The van der Waals surface area contributed by atoms with E-state index in [2.05, 4.69) is 5.32 Å². The molecule has 1 rings (SSSR count). The van der Waals surface area contributed by atoms with Gasteiger partial charge in [-0.1, -0.05) is 0 Å². The monoisotopic (exact) mass is 321 g/mol. The summed E-state index contributed by atoms with van der Waals surface area (Å²) in [5.41, 5.74) is 5.15. The number of amides is 1. The molecular weight excluding hydrogens is 298 g/mol. The van der Waals surface area contributed by atoms with E-state index in [1.54, 1.807) is 6.92 Å². The smallest absolute Gasteiger partial charge is 0.306 e. The number of piperidine rings is 1. The Balaban J connectivity index is 2.74. The van der Waals surface area contributed by atoms with Gasteiger partial charge in [-0.3, -0.25) is 9.59 Å². The lowest BCUT2D eigenvalue weighted by Crippen LogP contribution is -2.50. The van der Waals surface area contributed by atoms with Crippen LogP contribution in [0.15, 0.2) is 0 Å². The first kappa shape index (κ1) is 17.9. The highest BCUT2D eigenvalue weighted by atomic mass is 32.2. The molecule has 0 unspecified atom stereocenters. The maximum atomic E-state index is 12.4. The van der Waals surface area contributed by atoms with Gasteiger partial charge in [0, 0.05) is 6.04 Å². The number of nitrogens with one attached hydrogen (secondary N) is 1. The third kappa shape index (κ3) is 5.98. The number of nitrogens with zero attached hydrogens (tertiary/aromatic N) is 1. The second-order valence-corrected chi connectivity index (χ2v) is 6.90. The van der Waals surface area contributed by atoms with E-state index in [0.717, 1.165) is 4.31 Å². The molecule has 0 saturated carbocycles. The molecule has 0 aromatic rings. The molecule has 3 N–H and O–H groups in total. The summed E-state index contributed by atoms with van der Waals surface area (Å²) in [5, 5.41) is 3.13. The lowest BCUT2D eigenvalue weighted by molar-refractivity contribution is -0.142. The fourth-order valence-corrected chi connectivity index (χ4v) is 3.91. The number of hydrogen-bond donors (Lipinski definition) is 2. The summed E-state index contributed by atoms with van der Waals surface area (Å²) in [5.74, 6) is -1.64. The van der Waals surface area contributed by atoms with Crippen LogP contribution in [-0.2, 0) is 24.3 Å². The molecule has 9 heteroatoms. The van der Waals surface area contributed by atoms with Gasteiger partial charge in [0.05, 0.1) is 25.3 Å². The summed E-state index contributed by atoms with van der Waals surface area (Å²) in [6.45, 7) is 2.88. The molecule has 1 heterocycles. The van der Waals surface area contributed by atoms with Gasteiger partial charge in [-0.15, -0.1) is 0 Å². The first-order valence-corrected chi connectivity index (χ1v) is 8.62. The van der Waals surface area contributed by atoms with Gasteiger partial charge < -0.3 is 15.8 Å². The van der Waals surface area contributed by atoms with Gasteiger partial charge in [0.15, 0.2) is 0 Å². The topological polar surface area (TPSA) is 119 Å². The number of nitrogens with two attached hydrogens (primary N) is 1. The summed E-state index contributed by atoms with van der Waals surface area (Å²) in [6, 6.07) is -0.258. The minimum Gasteiger partial charge on any atom is -0.466 e. The highest BCUT2D eigenvalue weighted by Gasteiger charge is 2.32. The van der Waals surface area contributed by atoms with E-state index in [-0.39, 0.29) is 31.4 Å². The zero-order chi connectivity index (χ0) is 15.9. The third-order valence-electron chi connectivity index (χ3n) is 3.25. The number of sulfonamides is 1. The molecule has 1 fully saturated rings. The predicted octanol–water partition coefficient (Wildman–Crippen LogP) is -1.19. The van der Waals surface area contributed by atoms with E-state index in [0.29, 0.717) is 25.9 Å². The van der Waals surface area contributed by atoms with Crippen molar-refractivity contribution in [2.75, 3.05) is 32.0 Å².